The summed E-state index contributed by atoms with van der Waals surface area (Å²) in [6, 6.07) is 4.89. The van der Waals surface area contributed by atoms with Gasteiger partial charge in [0.25, 0.3) is 0 Å². The molecule has 4 nitrogen and oxygen atoms in total. The molecule has 17 heavy (non-hydrogen) atoms. The predicted octanol–water partition coefficient (Wildman–Crippen LogP) is 2.26. The second-order valence-electron chi connectivity index (χ2n) is 3.37. The van der Waals surface area contributed by atoms with Crippen LogP contribution in [0.15, 0.2) is 12.1 Å². The van der Waals surface area contributed by atoms with Crippen LogP contribution in [-0.2, 0) is 21.3 Å². The molecule has 0 bridgehead atoms. The molecular weight excluding hydrogens is 286 g/mol. The number of carbonyl (C=O) groups is 1. The number of ether oxygens (including phenoxy) is 1. The Morgan fingerprint density at radius 2 is 2.24 bits per heavy atom. The van der Waals surface area contributed by atoms with E-state index in [1.807, 2.05) is 6.07 Å². The van der Waals surface area contributed by atoms with Crippen LogP contribution in [0.4, 0.5) is 0 Å². The molecule has 1 rings (SSSR count). The van der Waals surface area contributed by atoms with Gasteiger partial charge in [0.2, 0.25) is 0 Å². The summed E-state index contributed by atoms with van der Waals surface area (Å²) in [5.41, 5.74) is 1.66. The van der Waals surface area contributed by atoms with E-state index in [-0.39, 0.29) is 23.7 Å². The fraction of sp³-hybridized carbons (Fsp3) is 0.333. The molecule has 90 valence electrons. The molecule has 0 saturated carbocycles. The van der Waals surface area contributed by atoms with E-state index in [9.17, 15) is 9.90 Å². The highest BCUT2D eigenvalue weighted by atomic mass is 79.9. The number of nitrogens with zero attached hydrogens (tertiary/aromatic N) is 1. The van der Waals surface area contributed by atoms with Crippen LogP contribution < -0.4 is 0 Å². The first-order valence-electron chi connectivity index (χ1n) is 5.08. The molecule has 0 aliphatic rings. The topological polar surface area (TPSA) is 70.3 Å². The van der Waals surface area contributed by atoms with E-state index in [1.165, 1.54) is 6.07 Å². The molecule has 1 aromatic carbocycles. The van der Waals surface area contributed by atoms with Gasteiger partial charge in [-0.25, -0.2) is 0 Å². The number of phenols is 1. The molecule has 0 amide bonds. The molecular formula is C12H12BrNO3. The lowest BCUT2D eigenvalue weighted by atomic mass is 10.0. The van der Waals surface area contributed by atoms with Gasteiger partial charge in [-0.05, 0) is 30.2 Å². The van der Waals surface area contributed by atoms with Crippen LogP contribution in [0.25, 0.3) is 0 Å². The number of esters is 1. The van der Waals surface area contributed by atoms with Gasteiger partial charge < -0.3 is 9.84 Å². The van der Waals surface area contributed by atoms with Gasteiger partial charge in [-0.15, -0.1) is 0 Å². The number of aromatic hydroxyl groups is 1. The number of rotatable bonds is 4. The van der Waals surface area contributed by atoms with Crippen LogP contribution in [0.2, 0.25) is 0 Å². The average molecular weight is 298 g/mol. The molecule has 0 aliphatic heterocycles. The maximum atomic E-state index is 11.4. The Kier molecular flexibility index (Phi) is 4.98. The van der Waals surface area contributed by atoms with Crippen molar-refractivity contribution in [3.8, 4) is 11.8 Å². The fourth-order valence-electron chi connectivity index (χ4n) is 1.42. The van der Waals surface area contributed by atoms with E-state index in [0.717, 1.165) is 5.56 Å². The normalized spacial score (nSPS) is 9.71. The molecule has 1 aromatic rings. The first kappa shape index (κ1) is 13.5. The van der Waals surface area contributed by atoms with E-state index in [1.54, 1.807) is 13.0 Å². The fourth-order valence-corrected chi connectivity index (χ4v) is 1.94. The maximum Gasteiger partial charge on any atom is 0.310 e. The standard InChI is InChI=1S/C12H12BrNO3/c1-2-17-12(16)5-8-4-11(15)10(7-14)3-9(8)6-13/h3-4,15H,2,5-6H2,1H3. The molecule has 0 fully saturated rings. The zero-order chi connectivity index (χ0) is 12.8. The van der Waals surface area contributed by atoms with Crippen LogP contribution in [0.5, 0.6) is 5.75 Å². The Morgan fingerprint density at radius 3 is 2.76 bits per heavy atom. The highest BCUT2D eigenvalue weighted by Gasteiger charge is 2.12. The summed E-state index contributed by atoms with van der Waals surface area (Å²) < 4.78 is 4.84. The first-order valence-corrected chi connectivity index (χ1v) is 6.21. The Morgan fingerprint density at radius 1 is 1.53 bits per heavy atom. The zero-order valence-corrected chi connectivity index (χ0v) is 11.0. The lowest BCUT2D eigenvalue weighted by Gasteiger charge is -2.08. The minimum absolute atomic E-state index is 0.0913. The van der Waals surface area contributed by atoms with Crippen LogP contribution >= 0.6 is 15.9 Å². The van der Waals surface area contributed by atoms with Gasteiger partial charge in [0.05, 0.1) is 18.6 Å². The number of benzene rings is 1. The van der Waals surface area contributed by atoms with Crippen LogP contribution in [0, 0.1) is 11.3 Å². The third-order valence-corrected chi connectivity index (χ3v) is 2.83. The van der Waals surface area contributed by atoms with Crippen LogP contribution in [0.1, 0.15) is 23.6 Å². The van der Waals surface area contributed by atoms with E-state index in [2.05, 4.69) is 15.9 Å². The molecule has 0 atom stereocenters. The van der Waals surface area contributed by atoms with Crippen molar-refractivity contribution in [3.63, 3.8) is 0 Å². The quantitative estimate of drug-likeness (QED) is 0.684. The summed E-state index contributed by atoms with van der Waals surface area (Å²) in [5, 5.41) is 18.9. The van der Waals surface area contributed by atoms with Gasteiger partial charge in [0.1, 0.15) is 11.8 Å². The average Bonchev–Trinajstić information content (AvgIpc) is 2.29. The lowest BCUT2D eigenvalue weighted by Crippen LogP contribution is -2.09. The smallest absolute Gasteiger partial charge is 0.310 e. The van der Waals surface area contributed by atoms with Gasteiger partial charge in [0, 0.05) is 5.33 Å². The summed E-state index contributed by atoms with van der Waals surface area (Å²) in [5.74, 6) is -0.463. The van der Waals surface area contributed by atoms with Gasteiger partial charge in [0.15, 0.2) is 0 Å². The van der Waals surface area contributed by atoms with Crippen molar-refractivity contribution in [3.05, 3.63) is 28.8 Å². The number of nitriles is 1. The number of hydrogen-bond donors (Lipinski definition) is 1. The van der Waals surface area contributed by atoms with E-state index < -0.39 is 0 Å². The van der Waals surface area contributed by atoms with Crippen molar-refractivity contribution in [2.24, 2.45) is 0 Å². The predicted molar refractivity (Wildman–Crippen MR) is 65.8 cm³/mol. The third-order valence-electron chi connectivity index (χ3n) is 2.22. The molecule has 5 heteroatoms. The largest absolute Gasteiger partial charge is 0.507 e. The molecule has 1 N–H and O–H groups in total. The number of halogens is 1. The maximum absolute atomic E-state index is 11.4. The van der Waals surface area contributed by atoms with Crippen molar-refractivity contribution in [2.75, 3.05) is 6.61 Å². The summed E-state index contributed by atoms with van der Waals surface area (Å²) >= 11 is 3.28. The third kappa shape index (κ3) is 3.46. The van der Waals surface area contributed by atoms with Gasteiger partial charge in [-0.3, -0.25) is 4.79 Å². The second kappa shape index (κ2) is 6.26. The minimum Gasteiger partial charge on any atom is -0.507 e. The number of hydrogen-bond acceptors (Lipinski definition) is 4. The lowest BCUT2D eigenvalue weighted by molar-refractivity contribution is -0.142. The zero-order valence-electron chi connectivity index (χ0n) is 9.36. The Balaban J connectivity index is 3.03. The van der Waals surface area contributed by atoms with Crippen molar-refractivity contribution in [2.45, 2.75) is 18.7 Å². The Labute approximate surface area is 108 Å². The molecule has 0 aliphatic carbocycles. The molecule has 0 radical (unpaired) electrons. The minimum atomic E-state index is -0.348. The Bertz CT molecular complexity index is 466. The van der Waals surface area contributed by atoms with E-state index in [0.29, 0.717) is 17.5 Å². The Hall–Kier alpha value is -1.54. The molecule has 0 saturated heterocycles. The molecule has 0 heterocycles. The summed E-state index contributed by atoms with van der Waals surface area (Å²) in [6.07, 6.45) is 0.0913. The van der Waals surface area contributed by atoms with Gasteiger partial charge in [-0.1, -0.05) is 15.9 Å². The van der Waals surface area contributed by atoms with Crippen molar-refractivity contribution in [1.29, 1.82) is 5.26 Å². The van der Waals surface area contributed by atoms with E-state index in [4.69, 9.17) is 10.00 Å². The van der Waals surface area contributed by atoms with Crippen LogP contribution in [-0.4, -0.2) is 17.7 Å². The summed E-state index contributed by atoms with van der Waals surface area (Å²) in [6.45, 7) is 2.06. The van der Waals surface area contributed by atoms with Crippen molar-refractivity contribution < 1.29 is 14.6 Å². The molecule has 0 unspecified atom stereocenters. The molecule has 0 aromatic heterocycles. The van der Waals surface area contributed by atoms with Crippen LogP contribution in [0.3, 0.4) is 0 Å². The second-order valence-corrected chi connectivity index (χ2v) is 3.93. The summed E-state index contributed by atoms with van der Waals surface area (Å²) in [4.78, 5) is 11.4. The number of alkyl halides is 1. The monoisotopic (exact) mass is 297 g/mol. The highest BCUT2D eigenvalue weighted by molar-refractivity contribution is 9.08. The molecule has 0 spiro atoms. The number of phenolic OH excluding ortho intramolecular Hbond substituents is 1. The first-order chi connectivity index (χ1) is 8.12. The van der Waals surface area contributed by atoms with Gasteiger partial charge >= 0.3 is 5.97 Å². The highest BCUT2D eigenvalue weighted by Crippen LogP contribution is 2.24. The van der Waals surface area contributed by atoms with E-state index >= 15 is 0 Å². The number of carbonyl (C=O) groups excluding carboxylic acids is 1. The van der Waals surface area contributed by atoms with Gasteiger partial charge in [-0.2, -0.15) is 5.26 Å². The van der Waals surface area contributed by atoms with Crippen molar-refractivity contribution >= 4 is 21.9 Å². The van der Waals surface area contributed by atoms with Crippen molar-refractivity contribution in [1.82, 2.24) is 0 Å². The summed E-state index contributed by atoms with van der Waals surface area (Å²) in [7, 11) is 0. The SMILES string of the molecule is CCOC(=O)Cc1cc(O)c(C#N)cc1CBr.